The Labute approximate surface area is 138 Å². The first kappa shape index (κ1) is 15.3. The zero-order valence-corrected chi connectivity index (χ0v) is 13.4. The average Bonchev–Trinajstić information content (AvgIpc) is 2.57. The zero-order valence-electron chi connectivity index (χ0n) is 12.6. The Morgan fingerprint density at radius 1 is 1.22 bits per heavy atom. The van der Waals surface area contributed by atoms with Gasteiger partial charge in [0, 0.05) is 10.9 Å². The molecule has 1 N–H and O–H groups in total. The molecule has 0 saturated carbocycles. The monoisotopic (exact) mass is 327 g/mol. The topological polar surface area (TPSA) is 59.4 Å². The number of halogens is 1. The van der Waals surface area contributed by atoms with Gasteiger partial charge in [0.2, 0.25) is 0 Å². The summed E-state index contributed by atoms with van der Waals surface area (Å²) in [5, 5.41) is 10.4. The molecule has 5 heteroatoms. The molecule has 116 valence electrons. The van der Waals surface area contributed by atoms with Gasteiger partial charge in [-0.3, -0.25) is 0 Å². The number of methoxy groups -OCH3 is 1. The van der Waals surface area contributed by atoms with E-state index in [0.29, 0.717) is 27.4 Å². The van der Waals surface area contributed by atoms with Gasteiger partial charge in [0.1, 0.15) is 5.75 Å². The number of carboxylic acid groups (broad SMARTS) is 1. The minimum Gasteiger partial charge on any atom is -0.497 e. The number of fused-ring (bicyclic) bond motifs is 1. The van der Waals surface area contributed by atoms with Gasteiger partial charge < -0.3 is 9.84 Å². The van der Waals surface area contributed by atoms with E-state index in [1.807, 2.05) is 37.3 Å². The number of hydrogen-bond donors (Lipinski definition) is 1. The summed E-state index contributed by atoms with van der Waals surface area (Å²) in [5.74, 6) is -0.349. The zero-order chi connectivity index (χ0) is 16.6. The lowest BCUT2D eigenvalue weighted by molar-refractivity contribution is 0.0699. The van der Waals surface area contributed by atoms with Gasteiger partial charge in [0.25, 0.3) is 0 Å². The molecule has 3 rings (SSSR count). The van der Waals surface area contributed by atoms with Crippen LogP contribution in [0.15, 0.2) is 42.5 Å². The highest BCUT2D eigenvalue weighted by molar-refractivity contribution is 6.36. The van der Waals surface area contributed by atoms with Crippen LogP contribution in [-0.4, -0.2) is 23.2 Å². The lowest BCUT2D eigenvalue weighted by Crippen LogP contribution is -2.02. The molecule has 1 aromatic heterocycles. The fourth-order valence-electron chi connectivity index (χ4n) is 2.53. The summed E-state index contributed by atoms with van der Waals surface area (Å²) in [6.07, 6.45) is 0. The molecule has 0 spiro atoms. The van der Waals surface area contributed by atoms with Crippen molar-refractivity contribution >= 4 is 28.5 Å². The van der Waals surface area contributed by atoms with Crippen LogP contribution in [0.1, 0.15) is 15.9 Å². The number of ether oxygens (including phenoxy) is 1. The number of pyridine rings is 1. The van der Waals surface area contributed by atoms with E-state index in [9.17, 15) is 9.90 Å². The molecule has 23 heavy (non-hydrogen) atoms. The first-order chi connectivity index (χ1) is 11.0. The standard InChI is InChI=1S/C18H14ClNO3/c1-10-6-7-14(19)16-13(18(21)22)9-15(20-17(10)16)11-4-3-5-12(8-11)23-2/h3-9H,1-2H3,(H,21,22). The summed E-state index contributed by atoms with van der Waals surface area (Å²) in [6.45, 7) is 1.88. The number of rotatable bonds is 3. The smallest absolute Gasteiger partial charge is 0.336 e. The van der Waals surface area contributed by atoms with Crippen LogP contribution < -0.4 is 4.74 Å². The van der Waals surface area contributed by atoms with Crippen LogP contribution in [0, 0.1) is 6.92 Å². The van der Waals surface area contributed by atoms with E-state index in [4.69, 9.17) is 16.3 Å². The van der Waals surface area contributed by atoms with Gasteiger partial charge in [0.05, 0.1) is 28.9 Å². The second-order valence-corrected chi connectivity index (χ2v) is 5.59. The second kappa shape index (κ2) is 5.89. The van der Waals surface area contributed by atoms with Gasteiger partial charge in [-0.05, 0) is 36.8 Å². The summed E-state index contributed by atoms with van der Waals surface area (Å²) in [6, 6.07) is 12.4. The van der Waals surface area contributed by atoms with Crippen molar-refractivity contribution in [2.45, 2.75) is 6.92 Å². The van der Waals surface area contributed by atoms with E-state index < -0.39 is 5.97 Å². The van der Waals surface area contributed by atoms with Crippen molar-refractivity contribution in [2.24, 2.45) is 0 Å². The summed E-state index contributed by atoms with van der Waals surface area (Å²) in [5.41, 5.74) is 2.96. The third kappa shape index (κ3) is 2.73. The molecule has 1 heterocycles. The number of benzene rings is 2. The number of carbonyl (C=O) groups is 1. The van der Waals surface area contributed by atoms with Crippen molar-refractivity contribution in [3.05, 3.63) is 58.6 Å². The van der Waals surface area contributed by atoms with Crippen LogP contribution in [0.4, 0.5) is 0 Å². The summed E-state index contributed by atoms with van der Waals surface area (Å²) >= 11 is 6.20. The van der Waals surface area contributed by atoms with Crippen molar-refractivity contribution in [1.82, 2.24) is 4.98 Å². The van der Waals surface area contributed by atoms with Crippen LogP contribution in [0.3, 0.4) is 0 Å². The van der Waals surface area contributed by atoms with Crippen molar-refractivity contribution < 1.29 is 14.6 Å². The first-order valence-electron chi connectivity index (χ1n) is 6.99. The van der Waals surface area contributed by atoms with Crippen LogP contribution in [-0.2, 0) is 0 Å². The van der Waals surface area contributed by atoms with E-state index in [0.717, 1.165) is 11.1 Å². The van der Waals surface area contributed by atoms with Gasteiger partial charge in [-0.15, -0.1) is 0 Å². The Morgan fingerprint density at radius 2 is 2.00 bits per heavy atom. The molecule has 2 aromatic carbocycles. The predicted octanol–water partition coefficient (Wildman–Crippen LogP) is 4.57. The molecule has 3 aromatic rings. The average molecular weight is 328 g/mol. The molecular formula is C18H14ClNO3. The highest BCUT2D eigenvalue weighted by Crippen LogP contribution is 2.32. The molecule has 0 aliphatic carbocycles. The van der Waals surface area contributed by atoms with Gasteiger partial charge in [-0.25, -0.2) is 9.78 Å². The Bertz CT molecular complexity index is 922. The third-order valence-electron chi connectivity index (χ3n) is 3.71. The molecule has 0 unspecified atom stereocenters. The SMILES string of the molecule is COc1cccc(-c2cc(C(=O)O)c3c(Cl)ccc(C)c3n2)c1. The van der Waals surface area contributed by atoms with E-state index >= 15 is 0 Å². The highest BCUT2D eigenvalue weighted by Gasteiger charge is 2.17. The maximum atomic E-state index is 11.7. The maximum Gasteiger partial charge on any atom is 0.336 e. The number of carboxylic acids is 1. The largest absolute Gasteiger partial charge is 0.497 e. The highest BCUT2D eigenvalue weighted by atomic mass is 35.5. The van der Waals surface area contributed by atoms with E-state index in [2.05, 4.69) is 4.98 Å². The van der Waals surface area contributed by atoms with E-state index in [1.165, 1.54) is 0 Å². The van der Waals surface area contributed by atoms with Crippen LogP contribution in [0.5, 0.6) is 5.75 Å². The van der Waals surface area contributed by atoms with Gasteiger partial charge in [-0.1, -0.05) is 29.8 Å². The minimum absolute atomic E-state index is 0.140. The minimum atomic E-state index is -1.03. The molecule has 0 fully saturated rings. The van der Waals surface area contributed by atoms with Gasteiger partial charge >= 0.3 is 5.97 Å². The fraction of sp³-hybridized carbons (Fsp3) is 0.111. The van der Waals surface area contributed by atoms with Crippen LogP contribution in [0.25, 0.3) is 22.2 Å². The Kier molecular flexibility index (Phi) is 3.92. The Balaban J connectivity index is 2.35. The van der Waals surface area contributed by atoms with Crippen molar-refractivity contribution in [1.29, 1.82) is 0 Å². The van der Waals surface area contributed by atoms with E-state index in [-0.39, 0.29) is 5.56 Å². The predicted molar refractivity (Wildman–Crippen MR) is 90.4 cm³/mol. The Morgan fingerprint density at radius 3 is 2.70 bits per heavy atom. The van der Waals surface area contributed by atoms with Gasteiger partial charge in [-0.2, -0.15) is 0 Å². The third-order valence-corrected chi connectivity index (χ3v) is 4.02. The fourth-order valence-corrected chi connectivity index (χ4v) is 2.79. The number of aryl methyl sites for hydroxylation is 1. The molecule has 0 bridgehead atoms. The first-order valence-corrected chi connectivity index (χ1v) is 7.36. The number of nitrogens with zero attached hydrogens (tertiary/aromatic N) is 1. The number of hydrogen-bond acceptors (Lipinski definition) is 3. The van der Waals surface area contributed by atoms with Crippen molar-refractivity contribution in [3.63, 3.8) is 0 Å². The molecule has 4 nitrogen and oxygen atoms in total. The molecule has 0 saturated heterocycles. The Hall–Kier alpha value is -2.59. The van der Waals surface area contributed by atoms with Crippen LogP contribution in [0.2, 0.25) is 5.02 Å². The van der Waals surface area contributed by atoms with E-state index in [1.54, 1.807) is 19.2 Å². The quantitative estimate of drug-likeness (QED) is 0.765. The molecule has 0 aliphatic heterocycles. The molecule has 0 aliphatic rings. The number of aromatic carboxylic acids is 1. The summed E-state index contributed by atoms with van der Waals surface area (Å²) < 4.78 is 5.22. The van der Waals surface area contributed by atoms with Crippen molar-refractivity contribution in [2.75, 3.05) is 7.11 Å². The molecule has 0 radical (unpaired) electrons. The summed E-state index contributed by atoms with van der Waals surface area (Å²) in [7, 11) is 1.58. The number of aromatic nitrogens is 1. The maximum absolute atomic E-state index is 11.7. The molecule has 0 atom stereocenters. The van der Waals surface area contributed by atoms with Crippen molar-refractivity contribution in [3.8, 4) is 17.0 Å². The molecular weight excluding hydrogens is 314 g/mol. The van der Waals surface area contributed by atoms with Gasteiger partial charge in [0.15, 0.2) is 0 Å². The lowest BCUT2D eigenvalue weighted by atomic mass is 10.0. The normalized spacial score (nSPS) is 10.7. The van der Waals surface area contributed by atoms with Crippen LogP contribution >= 0.6 is 11.6 Å². The summed E-state index contributed by atoms with van der Waals surface area (Å²) in [4.78, 5) is 16.3. The molecule has 0 amide bonds. The second-order valence-electron chi connectivity index (χ2n) is 5.18. The lowest BCUT2D eigenvalue weighted by Gasteiger charge is -2.11.